The molecule has 4 nitrogen and oxygen atoms in total. The number of amides is 1. The average molecular weight is 347 g/mol. The first-order valence-electron chi connectivity index (χ1n) is 9.75. The van der Waals surface area contributed by atoms with Crippen LogP contribution >= 0.6 is 0 Å². The molecule has 4 heteroatoms. The van der Waals surface area contributed by atoms with Crippen LogP contribution < -0.4 is 4.90 Å². The van der Waals surface area contributed by atoms with Crippen molar-refractivity contribution < 1.29 is 9.59 Å². The zero-order chi connectivity index (χ0) is 18.7. The number of rotatable bonds is 7. The van der Waals surface area contributed by atoms with Gasteiger partial charge in [-0.3, -0.25) is 9.59 Å². The maximum Gasteiger partial charge on any atom is 0.222 e. The number of ketones is 1. The summed E-state index contributed by atoms with van der Waals surface area (Å²) in [6.45, 7) is 11.0. The smallest absolute Gasteiger partial charge is 0.222 e. The molecule has 0 N–H and O–H groups in total. The molecule has 0 atom stereocenters. The molecule has 1 aromatic carbocycles. The van der Waals surface area contributed by atoms with Gasteiger partial charge in [-0.25, -0.2) is 0 Å². The van der Waals surface area contributed by atoms with E-state index in [-0.39, 0.29) is 5.78 Å². The van der Waals surface area contributed by atoms with E-state index in [1.807, 2.05) is 43.0 Å². The van der Waals surface area contributed by atoms with Crippen LogP contribution in [0.15, 0.2) is 24.3 Å². The summed E-state index contributed by atoms with van der Waals surface area (Å²) in [5, 5.41) is 0. The van der Waals surface area contributed by atoms with Crippen molar-refractivity contribution in [2.24, 2.45) is 0 Å². The summed E-state index contributed by atoms with van der Waals surface area (Å²) in [4.78, 5) is 27.9. The van der Waals surface area contributed by atoms with Crippen molar-refractivity contribution in [3.05, 3.63) is 29.8 Å². The van der Waals surface area contributed by atoms with Gasteiger partial charge in [0.2, 0.25) is 5.91 Å². The van der Waals surface area contributed by atoms with Crippen LogP contribution in [0, 0.1) is 0 Å². The number of piperazine rings is 1. The highest BCUT2D eigenvalue weighted by Gasteiger charge is 2.21. The predicted molar refractivity (Wildman–Crippen MR) is 105 cm³/mol. The Morgan fingerprint density at radius 2 is 1.68 bits per heavy atom. The van der Waals surface area contributed by atoms with Crippen molar-refractivity contribution in [3.63, 3.8) is 0 Å². The number of carbonyl (C=O) groups is 2. The third-order valence-electron chi connectivity index (χ3n) is 4.49. The molecule has 0 bridgehead atoms. The fourth-order valence-corrected chi connectivity index (χ4v) is 3.00. The number of nitrogens with zero attached hydrogens (tertiary/aromatic N) is 2. The minimum atomic E-state index is 0.0905. The molecular formula is C21H34N2O2. The molecular weight excluding hydrogens is 312 g/mol. The van der Waals surface area contributed by atoms with Gasteiger partial charge < -0.3 is 9.80 Å². The highest BCUT2D eigenvalue weighted by Crippen LogP contribution is 2.19. The Balaban J connectivity index is 0.00000151. The van der Waals surface area contributed by atoms with E-state index in [1.54, 1.807) is 6.92 Å². The molecule has 0 spiro atoms. The molecule has 0 saturated carbocycles. The van der Waals surface area contributed by atoms with E-state index in [1.165, 1.54) is 12.8 Å². The van der Waals surface area contributed by atoms with Crippen LogP contribution in [0.5, 0.6) is 0 Å². The van der Waals surface area contributed by atoms with Gasteiger partial charge in [-0.05, 0) is 25.5 Å². The second-order valence-electron chi connectivity index (χ2n) is 6.29. The van der Waals surface area contributed by atoms with Gasteiger partial charge in [0.25, 0.3) is 0 Å². The minimum absolute atomic E-state index is 0.0905. The molecule has 140 valence electrons. The first kappa shape index (κ1) is 21.2. The fourth-order valence-electron chi connectivity index (χ4n) is 3.00. The molecule has 0 aliphatic carbocycles. The number of Topliss-reactive ketones (excluding diaryl/α,β-unsaturated/α-hetero) is 1. The first-order valence-corrected chi connectivity index (χ1v) is 9.75. The number of benzene rings is 1. The molecule has 0 unspecified atom stereocenters. The van der Waals surface area contributed by atoms with Gasteiger partial charge in [0.1, 0.15) is 0 Å². The third-order valence-corrected chi connectivity index (χ3v) is 4.49. The van der Waals surface area contributed by atoms with Crippen LogP contribution in [0.25, 0.3) is 0 Å². The second-order valence-corrected chi connectivity index (χ2v) is 6.29. The standard InChI is InChI=1S/C19H28N2O2.C2H6/c1-3-4-5-6-10-19(23)21-13-11-20(12-14-21)18-9-7-8-17(15-18)16(2)22;1-2/h7-9,15H,3-6,10-14H2,1-2H3;1-2H3. The summed E-state index contributed by atoms with van der Waals surface area (Å²) < 4.78 is 0. The van der Waals surface area contributed by atoms with Gasteiger partial charge in [0, 0.05) is 43.9 Å². The normalized spacial score (nSPS) is 13.9. The average Bonchev–Trinajstić information content (AvgIpc) is 2.67. The fraction of sp³-hybridized carbons (Fsp3) is 0.619. The van der Waals surface area contributed by atoms with Crippen LogP contribution in [0.4, 0.5) is 5.69 Å². The summed E-state index contributed by atoms with van der Waals surface area (Å²) in [5.41, 5.74) is 1.82. The van der Waals surface area contributed by atoms with Crippen molar-refractivity contribution in [1.29, 1.82) is 0 Å². The Bertz CT molecular complexity index is 534. The first-order chi connectivity index (χ1) is 12.1. The van der Waals surface area contributed by atoms with Crippen molar-refractivity contribution in [3.8, 4) is 0 Å². The molecule has 0 radical (unpaired) electrons. The predicted octanol–water partition coefficient (Wildman–Crippen LogP) is 4.53. The zero-order valence-electron chi connectivity index (χ0n) is 16.4. The zero-order valence-corrected chi connectivity index (χ0v) is 16.4. The van der Waals surface area contributed by atoms with Crippen LogP contribution in [-0.2, 0) is 4.79 Å². The number of hydrogen-bond donors (Lipinski definition) is 0. The van der Waals surface area contributed by atoms with Crippen molar-refractivity contribution in [1.82, 2.24) is 4.90 Å². The maximum absolute atomic E-state index is 12.2. The topological polar surface area (TPSA) is 40.6 Å². The molecule has 1 saturated heterocycles. The van der Waals surface area contributed by atoms with E-state index in [2.05, 4.69) is 11.8 Å². The Morgan fingerprint density at radius 1 is 1.00 bits per heavy atom. The number of anilines is 1. The second kappa shape index (κ2) is 11.7. The molecule has 0 aromatic heterocycles. The van der Waals surface area contributed by atoms with Gasteiger partial charge in [-0.1, -0.05) is 52.2 Å². The summed E-state index contributed by atoms with van der Waals surface area (Å²) in [5.74, 6) is 0.381. The lowest BCUT2D eigenvalue weighted by atomic mass is 10.1. The molecule has 1 aliphatic heterocycles. The van der Waals surface area contributed by atoms with E-state index in [4.69, 9.17) is 0 Å². The van der Waals surface area contributed by atoms with Crippen LogP contribution in [0.3, 0.4) is 0 Å². The van der Waals surface area contributed by atoms with E-state index in [0.717, 1.165) is 50.3 Å². The largest absolute Gasteiger partial charge is 0.368 e. The van der Waals surface area contributed by atoms with Crippen molar-refractivity contribution >= 4 is 17.4 Å². The Hall–Kier alpha value is -1.84. The van der Waals surface area contributed by atoms with Gasteiger partial charge in [-0.15, -0.1) is 0 Å². The molecule has 1 aromatic rings. The number of carbonyl (C=O) groups excluding carboxylic acids is 2. The van der Waals surface area contributed by atoms with Gasteiger partial charge in [0.05, 0.1) is 0 Å². The lowest BCUT2D eigenvalue weighted by molar-refractivity contribution is -0.131. The van der Waals surface area contributed by atoms with Gasteiger partial charge in [0.15, 0.2) is 5.78 Å². The maximum atomic E-state index is 12.2. The van der Waals surface area contributed by atoms with E-state index in [0.29, 0.717) is 12.3 Å². The quantitative estimate of drug-likeness (QED) is 0.538. The Labute approximate surface area is 153 Å². The summed E-state index contributed by atoms with van der Waals surface area (Å²) >= 11 is 0. The van der Waals surface area contributed by atoms with Crippen molar-refractivity contribution in [2.45, 2.75) is 59.8 Å². The third kappa shape index (κ3) is 6.89. The molecule has 25 heavy (non-hydrogen) atoms. The number of unbranched alkanes of at least 4 members (excludes halogenated alkanes) is 3. The summed E-state index contributed by atoms with van der Waals surface area (Å²) in [6.07, 6.45) is 5.26. The van der Waals surface area contributed by atoms with Crippen LogP contribution in [0.1, 0.15) is 70.2 Å². The van der Waals surface area contributed by atoms with Gasteiger partial charge in [-0.2, -0.15) is 0 Å². The number of hydrogen-bond acceptors (Lipinski definition) is 3. The lowest BCUT2D eigenvalue weighted by Gasteiger charge is -2.36. The SMILES string of the molecule is CC.CCCCCCC(=O)N1CCN(c2cccc(C(C)=O)c2)CC1. The minimum Gasteiger partial charge on any atom is -0.368 e. The van der Waals surface area contributed by atoms with E-state index < -0.39 is 0 Å². The monoisotopic (exact) mass is 346 g/mol. The molecule has 1 heterocycles. The molecule has 1 amide bonds. The van der Waals surface area contributed by atoms with Crippen LogP contribution in [-0.4, -0.2) is 42.8 Å². The van der Waals surface area contributed by atoms with Crippen molar-refractivity contribution in [2.75, 3.05) is 31.1 Å². The molecule has 1 aliphatic rings. The van der Waals surface area contributed by atoms with Gasteiger partial charge >= 0.3 is 0 Å². The summed E-state index contributed by atoms with van der Waals surface area (Å²) in [7, 11) is 0. The Kier molecular flexibility index (Phi) is 9.90. The van der Waals surface area contributed by atoms with Crippen LogP contribution in [0.2, 0.25) is 0 Å². The summed E-state index contributed by atoms with van der Waals surface area (Å²) in [6, 6.07) is 7.76. The lowest BCUT2D eigenvalue weighted by Crippen LogP contribution is -2.48. The molecule has 1 fully saturated rings. The Morgan fingerprint density at radius 3 is 2.28 bits per heavy atom. The van der Waals surface area contributed by atoms with E-state index in [9.17, 15) is 9.59 Å². The highest BCUT2D eigenvalue weighted by atomic mass is 16.2. The highest BCUT2D eigenvalue weighted by molar-refractivity contribution is 5.95. The van der Waals surface area contributed by atoms with E-state index >= 15 is 0 Å². The molecule has 2 rings (SSSR count).